The third-order valence-corrected chi connectivity index (χ3v) is 6.18. The predicted octanol–water partition coefficient (Wildman–Crippen LogP) is 6.65. The molecule has 0 unspecified atom stereocenters. The fourth-order valence-corrected chi connectivity index (χ4v) is 4.53. The molecule has 5 nitrogen and oxygen atoms in total. The number of nitrogens with one attached hydrogen (secondary N) is 1. The molecule has 0 radical (unpaired) electrons. The monoisotopic (exact) mass is 591 g/mol. The van der Waals surface area contributed by atoms with E-state index < -0.39 is 4.92 Å². The molecule has 0 amide bonds. The first-order valence-electron chi connectivity index (χ1n) is 8.46. The summed E-state index contributed by atoms with van der Waals surface area (Å²) in [7, 11) is 0. The molecule has 136 valence electrons. The zero-order valence-electron chi connectivity index (χ0n) is 14.2. The van der Waals surface area contributed by atoms with Crippen LogP contribution in [0.15, 0.2) is 60.7 Å². The number of aromatic amines is 1. The molecule has 0 aliphatic heterocycles. The summed E-state index contributed by atoms with van der Waals surface area (Å²) in [6.07, 6.45) is 0. The van der Waals surface area contributed by atoms with E-state index in [1.807, 2.05) is 0 Å². The highest BCUT2D eigenvalue weighted by Gasteiger charge is 2.15. The predicted molar refractivity (Wildman–Crippen MR) is 129 cm³/mol. The van der Waals surface area contributed by atoms with Crippen molar-refractivity contribution in [1.29, 1.82) is 0 Å². The van der Waals surface area contributed by atoms with Crippen LogP contribution in [0.3, 0.4) is 0 Å². The van der Waals surface area contributed by atoms with Gasteiger partial charge in [-0.2, -0.15) is 0 Å². The molecular formula is C21H11I2N3O2. The van der Waals surface area contributed by atoms with Gasteiger partial charge in [-0.25, -0.2) is 4.98 Å². The van der Waals surface area contributed by atoms with Crippen LogP contribution in [-0.4, -0.2) is 14.9 Å². The average Bonchev–Trinajstić information content (AvgIpc) is 3.14. The van der Waals surface area contributed by atoms with Gasteiger partial charge < -0.3 is 4.98 Å². The topological polar surface area (TPSA) is 71.8 Å². The molecule has 0 bridgehead atoms. The van der Waals surface area contributed by atoms with Gasteiger partial charge in [0.2, 0.25) is 0 Å². The normalized spacial score (nSPS) is 11.5. The zero-order chi connectivity index (χ0) is 19.4. The first-order chi connectivity index (χ1) is 13.5. The second kappa shape index (κ2) is 6.66. The summed E-state index contributed by atoms with van der Waals surface area (Å²) >= 11 is 4.63. The molecule has 1 aromatic heterocycles. The Morgan fingerprint density at radius 3 is 2.07 bits per heavy atom. The number of non-ortho nitro benzene ring substituents is 1. The maximum Gasteiger partial charge on any atom is 0.269 e. The lowest BCUT2D eigenvalue weighted by Gasteiger charge is -2.07. The number of nitro benzene ring substituents is 1. The summed E-state index contributed by atoms with van der Waals surface area (Å²) in [5.74, 6) is 0.705. The molecule has 0 saturated carbocycles. The number of H-pyrrole nitrogens is 1. The quantitative estimate of drug-likeness (QED) is 0.108. The van der Waals surface area contributed by atoms with Crippen LogP contribution in [-0.2, 0) is 0 Å². The maximum atomic E-state index is 10.9. The minimum atomic E-state index is -0.396. The SMILES string of the molecule is O=[N+]([O-])c1ccc(-c2nc3c4cc(I)ccc4c4ccc(I)cc4c3[nH]2)cc1. The minimum Gasteiger partial charge on any atom is -0.337 e. The number of nitro groups is 1. The number of aromatic nitrogens is 2. The van der Waals surface area contributed by atoms with Crippen molar-refractivity contribution in [3.8, 4) is 11.4 Å². The summed E-state index contributed by atoms with van der Waals surface area (Å²) in [4.78, 5) is 18.9. The minimum absolute atomic E-state index is 0.0693. The molecule has 7 heteroatoms. The van der Waals surface area contributed by atoms with Gasteiger partial charge in [-0.1, -0.05) is 12.1 Å². The molecule has 5 aromatic rings. The van der Waals surface area contributed by atoms with Gasteiger partial charge in [0.05, 0.1) is 16.0 Å². The number of nitrogens with zero attached hydrogens (tertiary/aromatic N) is 2. The van der Waals surface area contributed by atoms with E-state index in [0.717, 1.165) is 34.5 Å². The smallest absolute Gasteiger partial charge is 0.269 e. The van der Waals surface area contributed by atoms with Gasteiger partial charge in [-0.05, 0) is 92.4 Å². The Hall–Kier alpha value is -2.27. The highest BCUT2D eigenvalue weighted by Crippen LogP contribution is 2.36. The van der Waals surface area contributed by atoms with Gasteiger partial charge in [-0.15, -0.1) is 0 Å². The fraction of sp³-hybridized carbons (Fsp3) is 0. The Morgan fingerprint density at radius 2 is 1.43 bits per heavy atom. The average molecular weight is 591 g/mol. The Balaban J connectivity index is 1.86. The molecule has 0 saturated heterocycles. The number of benzene rings is 4. The first-order valence-corrected chi connectivity index (χ1v) is 10.6. The molecular weight excluding hydrogens is 580 g/mol. The molecule has 0 atom stereocenters. The van der Waals surface area contributed by atoms with Crippen molar-refractivity contribution in [3.05, 3.63) is 77.9 Å². The third-order valence-electron chi connectivity index (χ3n) is 4.83. The van der Waals surface area contributed by atoms with Crippen LogP contribution < -0.4 is 0 Å². The number of imidazole rings is 1. The lowest BCUT2D eigenvalue weighted by molar-refractivity contribution is -0.384. The summed E-state index contributed by atoms with van der Waals surface area (Å²) in [6, 6.07) is 19.3. The first kappa shape index (κ1) is 17.8. The van der Waals surface area contributed by atoms with Gasteiger partial charge in [0.1, 0.15) is 5.82 Å². The molecule has 4 aromatic carbocycles. The molecule has 0 aliphatic rings. The van der Waals surface area contributed by atoms with Gasteiger partial charge in [0.15, 0.2) is 0 Å². The van der Waals surface area contributed by atoms with E-state index in [4.69, 9.17) is 4.98 Å². The summed E-state index contributed by atoms with van der Waals surface area (Å²) in [6.45, 7) is 0. The van der Waals surface area contributed by atoms with E-state index in [2.05, 4.69) is 86.6 Å². The van der Waals surface area contributed by atoms with Gasteiger partial charge in [0, 0.05) is 35.6 Å². The van der Waals surface area contributed by atoms with Crippen LogP contribution in [0.25, 0.3) is 44.0 Å². The highest BCUT2D eigenvalue weighted by atomic mass is 127. The number of halogens is 2. The fourth-order valence-electron chi connectivity index (χ4n) is 3.55. The van der Waals surface area contributed by atoms with Crippen molar-refractivity contribution in [3.63, 3.8) is 0 Å². The van der Waals surface area contributed by atoms with Gasteiger partial charge >= 0.3 is 0 Å². The van der Waals surface area contributed by atoms with Crippen LogP contribution in [0.4, 0.5) is 5.69 Å². The van der Waals surface area contributed by atoms with E-state index in [0.29, 0.717) is 5.82 Å². The van der Waals surface area contributed by atoms with Crippen LogP contribution in [0.2, 0.25) is 0 Å². The Bertz CT molecular complexity index is 1330. The van der Waals surface area contributed by atoms with Crippen LogP contribution in [0, 0.1) is 17.3 Å². The van der Waals surface area contributed by atoms with Crippen molar-refractivity contribution < 1.29 is 4.92 Å². The zero-order valence-corrected chi connectivity index (χ0v) is 18.6. The molecule has 1 heterocycles. The molecule has 0 fully saturated rings. The number of rotatable bonds is 2. The van der Waals surface area contributed by atoms with Crippen LogP contribution in [0.1, 0.15) is 0 Å². The number of hydrogen-bond acceptors (Lipinski definition) is 3. The molecule has 28 heavy (non-hydrogen) atoms. The second-order valence-corrected chi connectivity index (χ2v) is 8.98. The van der Waals surface area contributed by atoms with E-state index in [-0.39, 0.29) is 5.69 Å². The molecule has 1 N–H and O–H groups in total. The van der Waals surface area contributed by atoms with Gasteiger partial charge in [-0.3, -0.25) is 10.1 Å². The van der Waals surface area contributed by atoms with Crippen molar-refractivity contribution in [2.45, 2.75) is 0 Å². The summed E-state index contributed by atoms with van der Waals surface area (Å²) < 4.78 is 2.30. The highest BCUT2D eigenvalue weighted by molar-refractivity contribution is 14.1. The van der Waals surface area contributed by atoms with Crippen LogP contribution >= 0.6 is 45.2 Å². The number of hydrogen-bond donors (Lipinski definition) is 1. The van der Waals surface area contributed by atoms with Crippen LogP contribution in [0.5, 0.6) is 0 Å². The lowest BCUT2D eigenvalue weighted by Crippen LogP contribution is -1.87. The molecule has 5 rings (SSSR count). The molecule has 0 aliphatic carbocycles. The second-order valence-electron chi connectivity index (χ2n) is 6.49. The maximum absolute atomic E-state index is 10.9. The summed E-state index contributed by atoms with van der Waals surface area (Å²) in [5, 5.41) is 15.5. The van der Waals surface area contributed by atoms with Crippen molar-refractivity contribution >= 4 is 83.4 Å². The van der Waals surface area contributed by atoms with Crippen molar-refractivity contribution in [2.24, 2.45) is 0 Å². The van der Waals surface area contributed by atoms with Crippen molar-refractivity contribution in [2.75, 3.05) is 0 Å². The third kappa shape index (κ3) is 2.84. The molecule has 0 spiro atoms. The number of fused-ring (bicyclic) bond motifs is 6. The lowest BCUT2D eigenvalue weighted by atomic mass is 10.0. The van der Waals surface area contributed by atoms with Gasteiger partial charge in [0.25, 0.3) is 5.69 Å². The summed E-state index contributed by atoms with van der Waals surface area (Å²) in [5.41, 5.74) is 2.78. The van der Waals surface area contributed by atoms with E-state index in [9.17, 15) is 10.1 Å². The van der Waals surface area contributed by atoms with E-state index in [1.54, 1.807) is 12.1 Å². The van der Waals surface area contributed by atoms with Crippen molar-refractivity contribution in [1.82, 2.24) is 9.97 Å². The van der Waals surface area contributed by atoms with E-state index in [1.165, 1.54) is 22.9 Å². The largest absolute Gasteiger partial charge is 0.337 e. The Morgan fingerprint density at radius 1 is 0.821 bits per heavy atom. The Kier molecular flexibility index (Phi) is 4.23. The standard InChI is InChI=1S/C21H11I2N3O2/c22-12-3-7-15-16-8-4-13(23)10-18(16)20-19(17(15)9-12)24-21(25-20)11-1-5-14(6-2-11)26(27)28/h1-10H,(H,24,25). The Labute approximate surface area is 186 Å². The van der Waals surface area contributed by atoms with E-state index >= 15 is 0 Å².